The number of nitrogens with one attached hydrogen (secondary N) is 1. The average Bonchev–Trinajstić information content (AvgIpc) is 3.01. The molecule has 2 aromatic rings. The third-order valence-electron chi connectivity index (χ3n) is 2.31. The van der Waals surface area contributed by atoms with Gasteiger partial charge in [0.15, 0.2) is 0 Å². The molecule has 2 heterocycles. The van der Waals surface area contributed by atoms with Crippen molar-refractivity contribution in [2.45, 2.75) is 23.8 Å². The summed E-state index contributed by atoms with van der Waals surface area (Å²) in [5.41, 5.74) is 0. The molecule has 0 unspecified atom stereocenters. The van der Waals surface area contributed by atoms with Crippen LogP contribution < -0.4 is 5.32 Å². The van der Waals surface area contributed by atoms with Crippen LogP contribution in [-0.2, 0) is 11.2 Å². The van der Waals surface area contributed by atoms with E-state index < -0.39 is 0 Å². The first-order chi connectivity index (χ1) is 8.75. The molecular weight excluding hydrogens is 268 g/mol. The van der Waals surface area contributed by atoms with E-state index in [0.717, 1.165) is 6.42 Å². The summed E-state index contributed by atoms with van der Waals surface area (Å²) < 4.78 is 5.09. The van der Waals surface area contributed by atoms with Crippen LogP contribution in [0.5, 0.6) is 0 Å². The van der Waals surface area contributed by atoms with Crippen LogP contribution in [-0.4, -0.2) is 22.7 Å². The highest BCUT2D eigenvalue weighted by Crippen LogP contribution is 2.20. The van der Waals surface area contributed by atoms with Crippen LogP contribution in [0.25, 0.3) is 0 Å². The van der Waals surface area contributed by atoms with E-state index in [-0.39, 0.29) is 11.2 Å². The number of carbonyl (C=O) groups excluding carboxylic acids is 1. The number of oxazole rings is 1. The van der Waals surface area contributed by atoms with Crippen LogP contribution >= 0.6 is 23.1 Å². The summed E-state index contributed by atoms with van der Waals surface area (Å²) in [4.78, 5) is 17.1. The molecule has 0 spiro atoms. The lowest BCUT2D eigenvalue weighted by Crippen LogP contribution is -2.32. The van der Waals surface area contributed by atoms with Gasteiger partial charge in [-0.2, -0.15) is 0 Å². The van der Waals surface area contributed by atoms with Crippen molar-refractivity contribution in [1.29, 1.82) is 0 Å². The molecule has 1 atom stereocenters. The van der Waals surface area contributed by atoms with Gasteiger partial charge in [-0.25, -0.2) is 4.98 Å². The standard InChI is InChI=1S/C12H14N2O2S2/c1-9(18-12-14-6-7-16-12)11(15)13-5-4-10-3-2-8-17-10/h2-3,6-9H,4-5H2,1H3,(H,13,15)/t9-/m1/s1. The fourth-order valence-electron chi connectivity index (χ4n) is 1.38. The van der Waals surface area contributed by atoms with Crippen molar-refractivity contribution in [2.75, 3.05) is 6.54 Å². The second kappa shape index (κ2) is 6.61. The van der Waals surface area contributed by atoms with Gasteiger partial charge in [0, 0.05) is 11.4 Å². The number of amides is 1. The Morgan fingerprint density at radius 3 is 3.22 bits per heavy atom. The van der Waals surface area contributed by atoms with E-state index in [1.54, 1.807) is 17.5 Å². The number of rotatable bonds is 6. The first kappa shape index (κ1) is 13.2. The number of aromatic nitrogens is 1. The molecule has 0 radical (unpaired) electrons. The molecule has 6 heteroatoms. The zero-order chi connectivity index (χ0) is 12.8. The number of hydrogen-bond acceptors (Lipinski definition) is 5. The fourth-order valence-corrected chi connectivity index (χ4v) is 2.82. The van der Waals surface area contributed by atoms with E-state index in [2.05, 4.69) is 16.4 Å². The Morgan fingerprint density at radius 2 is 2.56 bits per heavy atom. The number of thiophene rings is 1. The molecule has 0 saturated carbocycles. The Balaban J connectivity index is 1.70. The molecule has 4 nitrogen and oxygen atoms in total. The van der Waals surface area contributed by atoms with E-state index in [1.807, 2.05) is 18.4 Å². The van der Waals surface area contributed by atoms with Gasteiger partial charge in [0.25, 0.3) is 5.22 Å². The lowest BCUT2D eigenvalue weighted by Gasteiger charge is -2.09. The van der Waals surface area contributed by atoms with Gasteiger partial charge in [-0.15, -0.1) is 11.3 Å². The summed E-state index contributed by atoms with van der Waals surface area (Å²) in [6.45, 7) is 2.51. The van der Waals surface area contributed by atoms with Gasteiger partial charge < -0.3 is 9.73 Å². The Morgan fingerprint density at radius 1 is 1.67 bits per heavy atom. The number of hydrogen-bond donors (Lipinski definition) is 1. The minimum atomic E-state index is -0.202. The Labute approximate surface area is 114 Å². The zero-order valence-electron chi connectivity index (χ0n) is 9.96. The first-order valence-corrected chi connectivity index (χ1v) is 7.38. The summed E-state index contributed by atoms with van der Waals surface area (Å²) in [6.07, 6.45) is 3.95. The van der Waals surface area contributed by atoms with E-state index >= 15 is 0 Å². The third-order valence-corrected chi connectivity index (χ3v) is 4.21. The van der Waals surface area contributed by atoms with E-state index in [0.29, 0.717) is 11.8 Å². The van der Waals surface area contributed by atoms with Gasteiger partial charge in [-0.1, -0.05) is 17.8 Å². The predicted molar refractivity (Wildman–Crippen MR) is 72.9 cm³/mol. The molecular formula is C12H14N2O2S2. The highest BCUT2D eigenvalue weighted by Gasteiger charge is 2.15. The lowest BCUT2D eigenvalue weighted by molar-refractivity contribution is -0.120. The minimum Gasteiger partial charge on any atom is -0.440 e. The van der Waals surface area contributed by atoms with Crippen molar-refractivity contribution >= 4 is 29.0 Å². The molecule has 0 aliphatic heterocycles. The molecule has 2 rings (SSSR count). The normalized spacial score (nSPS) is 12.3. The summed E-state index contributed by atoms with van der Waals surface area (Å²) in [5, 5.41) is 5.27. The molecule has 0 saturated heterocycles. The average molecular weight is 282 g/mol. The van der Waals surface area contributed by atoms with E-state index in [9.17, 15) is 4.79 Å². The smallest absolute Gasteiger partial charge is 0.256 e. The second-order valence-electron chi connectivity index (χ2n) is 3.68. The van der Waals surface area contributed by atoms with Gasteiger partial charge in [-0.3, -0.25) is 4.79 Å². The van der Waals surface area contributed by atoms with Crippen LogP contribution in [0.3, 0.4) is 0 Å². The molecule has 0 aliphatic carbocycles. The summed E-state index contributed by atoms with van der Waals surface area (Å²) in [7, 11) is 0. The Kier molecular flexibility index (Phi) is 4.83. The van der Waals surface area contributed by atoms with Crippen LogP contribution in [0, 0.1) is 0 Å². The molecule has 0 fully saturated rings. The molecule has 96 valence electrons. The number of carbonyl (C=O) groups is 1. The molecule has 1 N–H and O–H groups in total. The van der Waals surface area contributed by atoms with Crippen LogP contribution in [0.4, 0.5) is 0 Å². The lowest BCUT2D eigenvalue weighted by atomic mass is 10.3. The number of thioether (sulfide) groups is 1. The Bertz CT molecular complexity index is 468. The fraction of sp³-hybridized carbons (Fsp3) is 0.333. The molecule has 0 aromatic carbocycles. The van der Waals surface area contributed by atoms with Gasteiger partial charge in [-0.05, 0) is 24.8 Å². The van der Waals surface area contributed by atoms with Gasteiger partial charge in [0.2, 0.25) is 5.91 Å². The summed E-state index contributed by atoms with van der Waals surface area (Å²) >= 11 is 3.02. The van der Waals surface area contributed by atoms with Crippen molar-refractivity contribution in [2.24, 2.45) is 0 Å². The SMILES string of the molecule is C[C@@H](Sc1ncco1)C(=O)NCCc1cccs1. The van der Waals surface area contributed by atoms with Crippen LogP contribution in [0.15, 0.2) is 39.6 Å². The quantitative estimate of drug-likeness (QED) is 0.827. The summed E-state index contributed by atoms with van der Waals surface area (Å²) in [6, 6.07) is 4.09. The molecule has 0 bridgehead atoms. The predicted octanol–water partition coefficient (Wildman–Crippen LogP) is 2.58. The van der Waals surface area contributed by atoms with Crippen molar-refractivity contribution in [3.63, 3.8) is 0 Å². The molecule has 18 heavy (non-hydrogen) atoms. The van der Waals surface area contributed by atoms with Crippen molar-refractivity contribution in [1.82, 2.24) is 10.3 Å². The second-order valence-corrected chi connectivity index (χ2v) is 6.00. The Hall–Kier alpha value is -1.27. The highest BCUT2D eigenvalue weighted by atomic mass is 32.2. The monoisotopic (exact) mass is 282 g/mol. The maximum Gasteiger partial charge on any atom is 0.256 e. The molecule has 2 aromatic heterocycles. The van der Waals surface area contributed by atoms with Crippen LogP contribution in [0.2, 0.25) is 0 Å². The third kappa shape index (κ3) is 3.89. The highest BCUT2D eigenvalue weighted by molar-refractivity contribution is 8.00. The van der Waals surface area contributed by atoms with E-state index in [1.165, 1.54) is 22.9 Å². The topological polar surface area (TPSA) is 55.1 Å². The summed E-state index contributed by atoms with van der Waals surface area (Å²) in [5.74, 6) is 0.00903. The van der Waals surface area contributed by atoms with Gasteiger partial charge >= 0.3 is 0 Å². The van der Waals surface area contributed by atoms with Crippen molar-refractivity contribution in [3.05, 3.63) is 34.8 Å². The van der Waals surface area contributed by atoms with E-state index in [4.69, 9.17) is 4.42 Å². The first-order valence-electron chi connectivity index (χ1n) is 5.62. The van der Waals surface area contributed by atoms with Crippen LogP contribution in [0.1, 0.15) is 11.8 Å². The van der Waals surface area contributed by atoms with Crippen molar-refractivity contribution in [3.8, 4) is 0 Å². The largest absolute Gasteiger partial charge is 0.440 e. The molecule has 1 amide bonds. The van der Waals surface area contributed by atoms with Gasteiger partial charge in [0.1, 0.15) is 6.26 Å². The maximum absolute atomic E-state index is 11.8. The minimum absolute atomic E-state index is 0.00903. The maximum atomic E-state index is 11.8. The number of nitrogens with zero attached hydrogens (tertiary/aromatic N) is 1. The van der Waals surface area contributed by atoms with Crippen molar-refractivity contribution < 1.29 is 9.21 Å². The molecule has 0 aliphatic rings. The van der Waals surface area contributed by atoms with Gasteiger partial charge in [0.05, 0.1) is 11.4 Å². The zero-order valence-corrected chi connectivity index (χ0v) is 11.6.